The van der Waals surface area contributed by atoms with Crippen LogP contribution in [0.4, 0.5) is 0 Å². The maximum atomic E-state index is 10.1. The van der Waals surface area contributed by atoms with Gasteiger partial charge >= 0.3 is 0 Å². The Morgan fingerprint density at radius 3 is 2.25 bits per heavy atom. The second-order valence-electron chi connectivity index (χ2n) is 12.5. The zero-order chi connectivity index (χ0) is 32.2. The lowest BCUT2D eigenvalue weighted by Gasteiger charge is -2.21. The summed E-state index contributed by atoms with van der Waals surface area (Å²) >= 11 is 0. The molecule has 4 heteroatoms. The summed E-state index contributed by atoms with van der Waals surface area (Å²) in [6, 6.07) is 47.4. The van der Waals surface area contributed by atoms with Crippen LogP contribution in [0.5, 0.6) is 0 Å². The Hall–Kier alpha value is -6.36. The van der Waals surface area contributed by atoms with Crippen LogP contribution in [0.15, 0.2) is 133 Å². The Kier molecular flexibility index (Phi) is 6.49. The standard InChI is InChI=1S/C44H30N4/c45-27-29-24-25-41-38(26-29)36-20-10-19-35(44(36)47(41)31-13-2-1-3-14-31)33-16-6-5-15-32(33)34-18-11-23-42-43(34)37-17-7-9-22-40(37)48(42)39-21-8-4-12-30(39)28-46/h1-10,12-22,24-25,29H,11,23,26H2. The number of aromatic nitrogens is 2. The lowest BCUT2D eigenvalue weighted by Crippen LogP contribution is -2.07. The quantitative estimate of drug-likeness (QED) is 0.198. The number of nitrogens with zero attached hydrogens (tertiary/aromatic N) is 4. The zero-order valence-corrected chi connectivity index (χ0v) is 26.3. The number of nitriles is 2. The van der Waals surface area contributed by atoms with Gasteiger partial charge in [-0.05, 0) is 77.9 Å². The molecule has 7 aromatic rings. The van der Waals surface area contributed by atoms with Crippen molar-refractivity contribution in [1.29, 1.82) is 10.5 Å². The predicted octanol–water partition coefficient (Wildman–Crippen LogP) is 10.2. The van der Waals surface area contributed by atoms with Gasteiger partial charge in [-0.1, -0.05) is 103 Å². The van der Waals surface area contributed by atoms with E-state index in [1.54, 1.807) is 0 Å². The fraction of sp³-hybridized carbons (Fsp3) is 0.0909. The molecule has 48 heavy (non-hydrogen) atoms. The Bertz CT molecular complexity index is 2560. The Labute approximate surface area is 279 Å². The lowest BCUT2D eigenvalue weighted by atomic mass is 9.85. The van der Waals surface area contributed by atoms with Crippen molar-refractivity contribution in [1.82, 2.24) is 9.13 Å². The molecule has 226 valence electrons. The van der Waals surface area contributed by atoms with Crippen LogP contribution in [0.1, 0.15) is 40.1 Å². The lowest BCUT2D eigenvalue weighted by molar-refractivity contribution is 0.809. The monoisotopic (exact) mass is 614 g/mol. The molecule has 1 atom stereocenters. The molecule has 0 amide bonds. The molecular weight excluding hydrogens is 585 g/mol. The van der Waals surface area contributed by atoms with Gasteiger partial charge in [0.2, 0.25) is 0 Å². The first-order chi connectivity index (χ1) is 23.8. The molecule has 0 spiro atoms. The van der Waals surface area contributed by atoms with E-state index in [1.807, 2.05) is 24.3 Å². The van der Waals surface area contributed by atoms with Gasteiger partial charge in [0.1, 0.15) is 6.07 Å². The van der Waals surface area contributed by atoms with Gasteiger partial charge in [0, 0.05) is 39.0 Å². The number of allylic oxidation sites excluding steroid dienone is 2. The van der Waals surface area contributed by atoms with Crippen molar-refractivity contribution in [3.05, 3.63) is 167 Å². The molecular formula is C44H30N4. The molecule has 0 N–H and O–H groups in total. The molecule has 1 unspecified atom stereocenters. The van der Waals surface area contributed by atoms with Crippen molar-refractivity contribution < 1.29 is 0 Å². The normalized spacial score (nSPS) is 15.0. The van der Waals surface area contributed by atoms with Crippen LogP contribution in [0.3, 0.4) is 0 Å². The van der Waals surface area contributed by atoms with Gasteiger partial charge in [0.15, 0.2) is 0 Å². The smallest absolute Gasteiger partial charge is 0.101 e. The van der Waals surface area contributed by atoms with Gasteiger partial charge in [-0.3, -0.25) is 0 Å². The maximum absolute atomic E-state index is 10.1. The van der Waals surface area contributed by atoms with E-state index in [9.17, 15) is 10.5 Å². The van der Waals surface area contributed by atoms with Crippen LogP contribution in [-0.4, -0.2) is 9.13 Å². The molecule has 5 aromatic carbocycles. The van der Waals surface area contributed by atoms with E-state index in [4.69, 9.17) is 0 Å². The summed E-state index contributed by atoms with van der Waals surface area (Å²) < 4.78 is 4.69. The summed E-state index contributed by atoms with van der Waals surface area (Å²) in [7, 11) is 0. The molecule has 0 aliphatic heterocycles. The minimum absolute atomic E-state index is 0.141. The number of rotatable bonds is 4. The highest BCUT2D eigenvalue weighted by molar-refractivity contribution is 6.06. The maximum Gasteiger partial charge on any atom is 0.101 e. The third-order valence-electron chi connectivity index (χ3n) is 9.97. The number of hydrogen-bond acceptors (Lipinski definition) is 2. The van der Waals surface area contributed by atoms with Crippen molar-refractivity contribution in [3.63, 3.8) is 0 Å². The topological polar surface area (TPSA) is 57.4 Å². The van der Waals surface area contributed by atoms with E-state index >= 15 is 0 Å². The molecule has 2 heterocycles. The highest BCUT2D eigenvalue weighted by Gasteiger charge is 2.28. The van der Waals surface area contributed by atoms with Crippen molar-refractivity contribution >= 4 is 33.5 Å². The summed E-state index contributed by atoms with van der Waals surface area (Å²) in [5, 5.41) is 22.3. The molecule has 2 aliphatic rings. The summed E-state index contributed by atoms with van der Waals surface area (Å²) in [4.78, 5) is 0. The SMILES string of the molecule is N#Cc1ccccc1-n1c2c(c3ccccc31)C(c1ccccc1-c1cccc3c4c(n(-c5ccccc5)c13)C=CC(C#N)C4)=CCC2. The number of fused-ring (bicyclic) bond motifs is 6. The third kappa shape index (κ3) is 4.13. The zero-order valence-electron chi connectivity index (χ0n) is 26.3. The second kappa shape index (κ2) is 11.2. The van der Waals surface area contributed by atoms with E-state index in [2.05, 4.69) is 137 Å². The van der Waals surface area contributed by atoms with Crippen molar-refractivity contribution in [2.45, 2.75) is 19.3 Å². The average molecular weight is 615 g/mol. The Morgan fingerprint density at radius 2 is 1.40 bits per heavy atom. The van der Waals surface area contributed by atoms with Crippen LogP contribution in [-0.2, 0) is 12.8 Å². The van der Waals surface area contributed by atoms with E-state index in [0.717, 1.165) is 46.5 Å². The predicted molar refractivity (Wildman–Crippen MR) is 194 cm³/mol. The van der Waals surface area contributed by atoms with Gasteiger partial charge in [-0.15, -0.1) is 0 Å². The highest BCUT2D eigenvalue weighted by Crippen LogP contribution is 2.46. The third-order valence-corrected chi connectivity index (χ3v) is 9.97. The van der Waals surface area contributed by atoms with Crippen LogP contribution in [0.2, 0.25) is 0 Å². The number of hydrogen-bond donors (Lipinski definition) is 0. The molecule has 0 fully saturated rings. The van der Waals surface area contributed by atoms with Crippen LogP contribution in [0.25, 0.3) is 56.0 Å². The van der Waals surface area contributed by atoms with E-state index < -0.39 is 0 Å². The summed E-state index contributed by atoms with van der Waals surface area (Å²) in [6.07, 6.45) is 9.07. The summed E-state index contributed by atoms with van der Waals surface area (Å²) in [6.45, 7) is 0. The van der Waals surface area contributed by atoms with Gasteiger partial charge in [-0.2, -0.15) is 10.5 Å². The summed E-state index contributed by atoms with van der Waals surface area (Å²) in [5.41, 5.74) is 14.6. The second-order valence-corrected chi connectivity index (χ2v) is 12.5. The molecule has 0 saturated heterocycles. The first-order valence-corrected chi connectivity index (χ1v) is 16.5. The number of benzene rings is 5. The van der Waals surface area contributed by atoms with Crippen molar-refractivity contribution in [2.75, 3.05) is 0 Å². The molecule has 2 aromatic heterocycles. The van der Waals surface area contributed by atoms with E-state index in [1.165, 1.54) is 44.3 Å². The molecule has 2 aliphatic carbocycles. The van der Waals surface area contributed by atoms with Gasteiger partial charge < -0.3 is 9.13 Å². The van der Waals surface area contributed by atoms with Gasteiger partial charge in [0.25, 0.3) is 0 Å². The Morgan fingerprint density at radius 1 is 0.667 bits per heavy atom. The minimum Gasteiger partial charge on any atom is -0.312 e. The average Bonchev–Trinajstić information content (AvgIpc) is 3.68. The fourth-order valence-corrected chi connectivity index (χ4v) is 7.98. The summed E-state index contributed by atoms with van der Waals surface area (Å²) in [5.74, 6) is -0.141. The van der Waals surface area contributed by atoms with Crippen LogP contribution >= 0.6 is 0 Å². The Balaban J connectivity index is 1.31. The first-order valence-electron chi connectivity index (χ1n) is 16.5. The number of para-hydroxylation sites is 4. The fourth-order valence-electron chi connectivity index (χ4n) is 7.98. The molecule has 0 saturated carbocycles. The van der Waals surface area contributed by atoms with Gasteiger partial charge in [-0.25, -0.2) is 0 Å². The first kappa shape index (κ1) is 27.9. The largest absolute Gasteiger partial charge is 0.312 e. The van der Waals surface area contributed by atoms with Crippen LogP contribution < -0.4 is 0 Å². The van der Waals surface area contributed by atoms with E-state index in [0.29, 0.717) is 12.0 Å². The molecule has 9 rings (SSSR count). The molecule has 0 bridgehead atoms. The molecule has 4 nitrogen and oxygen atoms in total. The van der Waals surface area contributed by atoms with Crippen molar-refractivity contribution in [2.24, 2.45) is 5.92 Å². The minimum atomic E-state index is -0.141. The van der Waals surface area contributed by atoms with Crippen molar-refractivity contribution in [3.8, 4) is 34.6 Å². The highest BCUT2D eigenvalue weighted by atomic mass is 15.0. The van der Waals surface area contributed by atoms with E-state index in [-0.39, 0.29) is 5.92 Å². The van der Waals surface area contributed by atoms with Gasteiger partial charge in [0.05, 0.1) is 34.3 Å². The van der Waals surface area contributed by atoms with Crippen LogP contribution in [0, 0.1) is 28.6 Å². The molecule has 0 radical (unpaired) electrons.